The molecule has 0 aliphatic carbocycles. The highest BCUT2D eigenvalue weighted by Crippen LogP contribution is 2.18. The first-order chi connectivity index (χ1) is 15.6. The summed E-state index contributed by atoms with van der Waals surface area (Å²) in [6.45, 7) is 2.00. The largest absolute Gasteiger partial charge is 0.445 e. The fourth-order valence-electron chi connectivity index (χ4n) is 3.41. The van der Waals surface area contributed by atoms with E-state index < -0.39 is 12.1 Å². The zero-order chi connectivity index (χ0) is 22.3. The van der Waals surface area contributed by atoms with Crippen LogP contribution in [0, 0.1) is 6.92 Å². The molecule has 0 unspecified atom stereocenters. The number of anilines is 1. The molecule has 7 nitrogen and oxygen atoms in total. The van der Waals surface area contributed by atoms with Crippen molar-refractivity contribution in [3.05, 3.63) is 95.8 Å². The minimum Gasteiger partial charge on any atom is -0.445 e. The first-order valence-corrected chi connectivity index (χ1v) is 10.4. The number of imidazole rings is 1. The van der Waals surface area contributed by atoms with E-state index in [9.17, 15) is 9.59 Å². The molecule has 162 valence electrons. The van der Waals surface area contributed by atoms with Crippen molar-refractivity contribution >= 4 is 28.7 Å². The van der Waals surface area contributed by atoms with Gasteiger partial charge in [0.05, 0.1) is 11.0 Å². The van der Waals surface area contributed by atoms with Gasteiger partial charge in [0, 0.05) is 12.1 Å². The van der Waals surface area contributed by atoms with E-state index >= 15 is 0 Å². The number of fused-ring (bicyclic) bond motifs is 1. The molecule has 7 heteroatoms. The summed E-state index contributed by atoms with van der Waals surface area (Å²) in [5, 5.41) is 5.59. The molecule has 0 bridgehead atoms. The predicted octanol–water partition coefficient (Wildman–Crippen LogP) is 4.35. The van der Waals surface area contributed by atoms with Crippen molar-refractivity contribution in [1.29, 1.82) is 0 Å². The maximum Gasteiger partial charge on any atom is 0.408 e. The van der Waals surface area contributed by atoms with Crippen LogP contribution in [0.4, 0.5) is 10.5 Å². The summed E-state index contributed by atoms with van der Waals surface area (Å²) >= 11 is 0. The van der Waals surface area contributed by atoms with Crippen LogP contribution in [0.2, 0.25) is 0 Å². The van der Waals surface area contributed by atoms with Crippen molar-refractivity contribution in [2.75, 3.05) is 5.32 Å². The summed E-state index contributed by atoms with van der Waals surface area (Å²) in [6, 6.07) is 23.5. The van der Waals surface area contributed by atoms with Crippen molar-refractivity contribution in [2.45, 2.75) is 26.0 Å². The van der Waals surface area contributed by atoms with Crippen LogP contribution in [-0.4, -0.2) is 28.0 Å². The van der Waals surface area contributed by atoms with E-state index in [4.69, 9.17) is 4.74 Å². The van der Waals surface area contributed by atoms with Gasteiger partial charge >= 0.3 is 6.09 Å². The van der Waals surface area contributed by atoms with E-state index in [0.29, 0.717) is 12.1 Å². The number of alkyl carbamates (subject to hydrolysis) is 1. The molecule has 1 aromatic heterocycles. The van der Waals surface area contributed by atoms with Crippen molar-refractivity contribution in [2.24, 2.45) is 0 Å². The van der Waals surface area contributed by atoms with Crippen molar-refractivity contribution in [3.8, 4) is 0 Å². The number of carbonyl (C=O) groups is 2. The number of rotatable bonds is 7. The van der Waals surface area contributed by atoms with E-state index in [0.717, 1.165) is 28.0 Å². The second kappa shape index (κ2) is 9.78. The first-order valence-electron chi connectivity index (χ1n) is 10.4. The number of nitrogens with one attached hydrogen (secondary N) is 3. The van der Waals surface area contributed by atoms with Crippen molar-refractivity contribution in [3.63, 3.8) is 0 Å². The van der Waals surface area contributed by atoms with Gasteiger partial charge in [0.25, 0.3) is 0 Å². The summed E-state index contributed by atoms with van der Waals surface area (Å²) in [6.07, 6.45) is -0.317. The smallest absolute Gasteiger partial charge is 0.408 e. The Morgan fingerprint density at radius 2 is 1.66 bits per heavy atom. The van der Waals surface area contributed by atoms with Crippen molar-refractivity contribution < 1.29 is 14.3 Å². The van der Waals surface area contributed by atoms with Crippen LogP contribution in [-0.2, 0) is 22.6 Å². The Morgan fingerprint density at radius 1 is 0.969 bits per heavy atom. The Bertz CT molecular complexity index is 1210. The molecule has 3 aromatic carbocycles. The molecule has 0 saturated carbocycles. The van der Waals surface area contributed by atoms with Gasteiger partial charge in [0.15, 0.2) is 0 Å². The molecule has 1 heterocycles. The van der Waals surface area contributed by atoms with Gasteiger partial charge in [-0.05, 0) is 36.2 Å². The number of hydrogen-bond acceptors (Lipinski definition) is 4. The minimum atomic E-state index is -0.806. The second-order valence-corrected chi connectivity index (χ2v) is 7.49. The fourth-order valence-corrected chi connectivity index (χ4v) is 3.41. The highest BCUT2D eigenvalue weighted by molar-refractivity contribution is 5.98. The van der Waals surface area contributed by atoms with Gasteiger partial charge in [-0.2, -0.15) is 0 Å². The number of aromatic nitrogens is 2. The molecule has 3 N–H and O–H groups in total. The van der Waals surface area contributed by atoms with E-state index in [2.05, 4.69) is 20.6 Å². The molecule has 4 rings (SSSR count). The van der Waals surface area contributed by atoms with Gasteiger partial charge < -0.3 is 20.4 Å². The molecule has 0 spiro atoms. The molecule has 0 saturated heterocycles. The fraction of sp³-hybridized carbons (Fsp3) is 0.160. The lowest BCUT2D eigenvalue weighted by atomic mass is 10.1. The van der Waals surface area contributed by atoms with Crippen LogP contribution in [0.1, 0.15) is 17.0 Å². The van der Waals surface area contributed by atoms with Gasteiger partial charge in [-0.15, -0.1) is 0 Å². The lowest BCUT2D eigenvalue weighted by Gasteiger charge is -2.18. The molecule has 4 aromatic rings. The third-order valence-corrected chi connectivity index (χ3v) is 4.97. The van der Waals surface area contributed by atoms with Crippen LogP contribution in [0.15, 0.2) is 78.9 Å². The van der Waals surface area contributed by atoms with E-state index in [-0.39, 0.29) is 12.5 Å². The first kappa shape index (κ1) is 21.1. The molecule has 2 amide bonds. The Labute approximate surface area is 185 Å². The number of hydrogen-bond donors (Lipinski definition) is 3. The quantitative estimate of drug-likeness (QED) is 0.408. The number of aromatic amines is 1. The maximum absolute atomic E-state index is 13.1. The Morgan fingerprint density at radius 3 is 2.38 bits per heavy atom. The molecular weight excluding hydrogens is 404 g/mol. The van der Waals surface area contributed by atoms with E-state index in [1.54, 1.807) is 6.07 Å². The predicted molar refractivity (Wildman–Crippen MR) is 123 cm³/mol. The van der Waals surface area contributed by atoms with Gasteiger partial charge in [0.1, 0.15) is 18.5 Å². The molecule has 0 aliphatic rings. The summed E-state index contributed by atoms with van der Waals surface area (Å²) < 4.78 is 5.31. The zero-order valence-electron chi connectivity index (χ0n) is 17.7. The molecule has 1 atom stereocenters. The maximum atomic E-state index is 13.1. The van der Waals surface area contributed by atoms with Crippen LogP contribution in [0.25, 0.3) is 11.0 Å². The Kier molecular flexibility index (Phi) is 6.46. The lowest BCUT2D eigenvalue weighted by Crippen LogP contribution is -2.45. The molecule has 0 fully saturated rings. The third kappa shape index (κ3) is 5.51. The second-order valence-electron chi connectivity index (χ2n) is 7.49. The molecule has 0 aliphatic heterocycles. The topological polar surface area (TPSA) is 96.1 Å². The van der Waals surface area contributed by atoms with E-state index in [1.807, 2.05) is 79.7 Å². The van der Waals surface area contributed by atoms with Gasteiger partial charge in [-0.1, -0.05) is 60.7 Å². The van der Waals surface area contributed by atoms with E-state index in [1.165, 1.54) is 0 Å². The number of aryl methyl sites for hydroxylation is 1. The summed E-state index contributed by atoms with van der Waals surface area (Å²) in [5.74, 6) is 0.467. The van der Waals surface area contributed by atoms with Crippen LogP contribution in [0.5, 0.6) is 0 Å². The summed E-state index contributed by atoms with van der Waals surface area (Å²) in [5.41, 5.74) is 4.06. The highest BCUT2D eigenvalue weighted by atomic mass is 16.5. The normalized spacial score (nSPS) is 11.7. The van der Waals surface area contributed by atoms with Crippen molar-refractivity contribution in [1.82, 2.24) is 15.3 Å². The summed E-state index contributed by atoms with van der Waals surface area (Å²) in [7, 11) is 0. The van der Waals surface area contributed by atoms with Gasteiger partial charge in [-0.3, -0.25) is 4.79 Å². The Hall–Kier alpha value is -4.13. The lowest BCUT2D eigenvalue weighted by molar-refractivity contribution is -0.118. The van der Waals surface area contributed by atoms with Gasteiger partial charge in [0.2, 0.25) is 5.91 Å². The number of carbonyl (C=O) groups excluding carboxylic acids is 2. The minimum absolute atomic E-state index is 0.127. The summed E-state index contributed by atoms with van der Waals surface area (Å²) in [4.78, 5) is 33.0. The average molecular weight is 428 g/mol. The monoisotopic (exact) mass is 428 g/mol. The number of ether oxygens (including phenoxy) is 1. The van der Waals surface area contributed by atoms with Crippen LogP contribution in [0.3, 0.4) is 0 Å². The number of nitrogens with zero attached hydrogens (tertiary/aromatic N) is 1. The third-order valence-electron chi connectivity index (χ3n) is 4.97. The Balaban J connectivity index is 1.45. The van der Waals surface area contributed by atoms with Crippen LogP contribution < -0.4 is 10.6 Å². The zero-order valence-corrected chi connectivity index (χ0v) is 17.7. The highest BCUT2D eigenvalue weighted by Gasteiger charge is 2.22. The molecular formula is C25H24N4O3. The van der Waals surface area contributed by atoms with Crippen LogP contribution >= 0.6 is 0 Å². The van der Waals surface area contributed by atoms with Gasteiger partial charge in [-0.25, -0.2) is 9.78 Å². The standard InChI is InChI=1S/C25H24N4O3/c1-17-26-21-13-12-20(15-22(21)27-17)28-24(30)23(14-18-8-4-2-5-9-18)29-25(31)32-16-19-10-6-3-7-11-19/h2-13,15,23H,14,16H2,1H3,(H,26,27)(H,28,30)(H,29,31)/t23-/m0/s1. The number of H-pyrrole nitrogens is 1. The average Bonchev–Trinajstić information content (AvgIpc) is 3.18. The number of benzene rings is 3. The number of amides is 2. The SMILES string of the molecule is Cc1nc2ccc(NC(=O)[C@H](Cc3ccccc3)NC(=O)OCc3ccccc3)cc2[nH]1. The molecule has 0 radical (unpaired) electrons. The molecule has 32 heavy (non-hydrogen) atoms.